The lowest BCUT2D eigenvalue weighted by Crippen LogP contribution is -1.95. The van der Waals surface area contributed by atoms with Crippen molar-refractivity contribution in [1.82, 2.24) is 4.98 Å². The number of pyridine rings is 1. The van der Waals surface area contributed by atoms with Gasteiger partial charge in [0.15, 0.2) is 0 Å². The summed E-state index contributed by atoms with van der Waals surface area (Å²) in [4.78, 5) is 14.4. The van der Waals surface area contributed by atoms with Gasteiger partial charge in [0, 0.05) is 23.9 Å². The van der Waals surface area contributed by atoms with E-state index in [4.69, 9.17) is 16.3 Å². The number of ether oxygens (including phenoxy) is 1. The van der Waals surface area contributed by atoms with Crippen molar-refractivity contribution in [3.05, 3.63) is 56.9 Å². The zero-order chi connectivity index (χ0) is 14.0. The SMILES string of the molecule is Cc1ccc(Oc2cc(Cl)ncc2C)c([N+](=O)[O-])c1. The summed E-state index contributed by atoms with van der Waals surface area (Å²) < 4.78 is 5.57. The minimum Gasteiger partial charge on any atom is -0.450 e. The first-order valence-electron chi connectivity index (χ1n) is 5.52. The number of nitrogens with zero attached hydrogens (tertiary/aromatic N) is 2. The molecule has 1 aromatic heterocycles. The second-order valence-corrected chi connectivity index (χ2v) is 4.49. The van der Waals surface area contributed by atoms with E-state index in [0.29, 0.717) is 5.75 Å². The lowest BCUT2D eigenvalue weighted by molar-refractivity contribution is -0.385. The molecule has 0 N–H and O–H groups in total. The molecule has 19 heavy (non-hydrogen) atoms. The smallest absolute Gasteiger partial charge is 0.311 e. The Kier molecular flexibility index (Phi) is 3.66. The molecule has 5 nitrogen and oxygen atoms in total. The Morgan fingerprint density at radius 1 is 1.26 bits per heavy atom. The minimum atomic E-state index is -0.472. The summed E-state index contributed by atoms with van der Waals surface area (Å²) in [7, 11) is 0. The number of benzene rings is 1. The van der Waals surface area contributed by atoms with Crippen LogP contribution in [0.1, 0.15) is 11.1 Å². The molecule has 6 heteroatoms. The lowest BCUT2D eigenvalue weighted by Gasteiger charge is -2.09. The molecule has 0 aliphatic rings. The lowest BCUT2D eigenvalue weighted by atomic mass is 10.2. The number of nitro benzene ring substituents is 1. The van der Waals surface area contributed by atoms with Crippen molar-refractivity contribution >= 4 is 17.3 Å². The number of hydrogen-bond acceptors (Lipinski definition) is 4. The third kappa shape index (κ3) is 3.00. The average molecular weight is 279 g/mol. The predicted octanol–water partition coefficient (Wildman–Crippen LogP) is 4.05. The van der Waals surface area contributed by atoms with Gasteiger partial charge >= 0.3 is 5.69 Å². The number of hydrogen-bond donors (Lipinski definition) is 0. The van der Waals surface area contributed by atoms with E-state index in [1.807, 2.05) is 0 Å². The van der Waals surface area contributed by atoms with Gasteiger partial charge < -0.3 is 4.74 Å². The van der Waals surface area contributed by atoms with E-state index < -0.39 is 4.92 Å². The number of aryl methyl sites for hydroxylation is 2. The predicted molar refractivity (Wildman–Crippen MR) is 71.9 cm³/mol. The molecular weight excluding hydrogens is 268 g/mol. The maximum Gasteiger partial charge on any atom is 0.311 e. The molecule has 0 fully saturated rings. The summed E-state index contributed by atoms with van der Waals surface area (Å²) in [6.45, 7) is 3.57. The van der Waals surface area contributed by atoms with Crippen molar-refractivity contribution in [2.24, 2.45) is 0 Å². The van der Waals surface area contributed by atoms with E-state index in [2.05, 4.69) is 4.98 Å². The van der Waals surface area contributed by atoms with E-state index in [1.54, 1.807) is 32.2 Å². The fraction of sp³-hybridized carbons (Fsp3) is 0.154. The Morgan fingerprint density at radius 3 is 2.68 bits per heavy atom. The Hall–Kier alpha value is -2.14. The van der Waals surface area contributed by atoms with Crippen LogP contribution < -0.4 is 4.74 Å². The molecule has 0 aliphatic carbocycles. The fourth-order valence-electron chi connectivity index (χ4n) is 1.57. The Bertz CT molecular complexity index is 644. The van der Waals surface area contributed by atoms with Crippen LogP contribution in [0.2, 0.25) is 5.15 Å². The Balaban J connectivity index is 2.43. The van der Waals surface area contributed by atoms with Gasteiger partial charge in [-0.05, 0) is 25.5 Å². The second-order valence-electron chi connectivity index (χ2n) is 4.10. The highest BCUT2D eigenvalue weighted by molar-refractivity contribution is 6.29. The molecule has 0 saturated heterocycles. The van der Waals surface area contributed by atoms with Gasteiger partial charge in [-0.15, -0.1) is 0 Å². The number of aromatic nitrogens is 1. The molecule has 0 aliphatic heterocycles. The summed E-state index contributed by atoms with van der Waals surface area (Å²) in [5, 5.41) is 11.3. The third-order valence-electron chi connectivity index (χ3n) is 2.55. The second kappa shape index (κ2) is 5.24. The zero-order valence-electron chi connectivity index (χ0n) is 10.4. The van der Waals surface area contributed by atoms with E-state index >= 15 is 0 Å². The van der Waals surface area contributed by atoms with Crippen molar-refractivity contribution in [3.8, 4) is 11.5 Å². The normalized spacial score (nSPS) is 10.3. The van der Waals surface area contributed by atoms with E-state index in [9.17, 15) is 10.1 Å². The largest absolute Gasteiger partial charge is 0.450 e. The molecule has 98 valence electrons. The first-order chi connectivity index (χ1) is 8.97. The van der Waals surface area contributed by atoms with Gasteiger partial charge in [-0.1, -0.05) is 17.7 Å². The fourth-order valence-corrected chi connectivity index (χ4v) is 1.71. The quantitative estimate of drug-likeness (QED) is 0.482. The van der Waals surface area contributed by atoms with Gasteiger partial charge in [-0.2, -0.15) is 0 Å². The number of halogens is 1. The van der Waals surface area contributed by atoms with Crippen molar-refractivity contribution in [1.29, 1.82) is 0 Å². The van der Waals surface area contributed by atoms with Gasteiger partial charge in [0.1, 0.15) is 10.9 Å². The summed E-state index contributed by atoms with van der Waals surface area (Å²) in [6.07, 6.45) is 1.55. The molecule has 0 spiro atoms. The molecular formula is C13H11ClN2O3. The van der Waals surface area contributed by atoms with Crippen molar-refractivity contribution in [2.45, 2.75) is 13.8 Å². The topological polar surface area (TPSA) is 65.3 Å². The van der Waals surface area contributed by atoms with Crippen LogP contribution in [0.3, 0.4) is 0 Å². The standard InChI is InChI=1S/C13H11ClN2O3/c1-8-3-4-11(10(5-8)16(17)18)19-12-6-13(14)15-7-9(12)2/h3-7H,1-2H3. The van der Waals surface area contributed by atoms with Gasteiger partial charge in [-0.3, -0.25) is 10.1 Å². The average Bonchev–Trinajstić information content (AvgIpc) is 2.35. The van der Waals surface area contributed by atoms with Crippen LogP contribution in [0, 0.1) is 24.0 Å². The van der Waals surface area contributed by atoms with Gasteiger partial charge in [0.25, 0.3) is 0 Å². The molecule has 1 aromatic carbocycles. The van der Waals surface area contributed by atoms with Gasteiger partial charge in [-0.25, -0.2) is 4.98 Å². The minimum absolute atomic E-state index is 0.0765. The van der Waals surface area contributed by atoms with E-state index in [0.717, 1.165) is 11.1 Å². The third-order valence-corrected chi connectivity index (χ3v) is 2.76. The molecule has 0 unspecified atom stereocenters. The highest BCUT2D eigenvalue weighted by atomic mass is 35.5. The first-order valence-corrected chi connectivity index (χ1v) is 5.90. The Labute approximate surface area is 115 Å². The highest BCUT2D eigenvalue weighted by Gasteiger charge is 2.16. The van der Waals surface area contributed by atoms with Gasteiger partial charge in [0.2, 0.25) is 5.75 Å². The summed E-state index contributed by atoms with van der Waals surface area (Å²) in [5.74, 6) is 0.632. The molecule has 0 saturated carbocycles. The first kappa shape index (κ1) is 13.3. The molecule has 2 rings (SSSR count). The zero-order valence-corrected chi connectivity index (χ0v) is 11.1. The molecule has 0 bridgehead atoms. The van der Waals surface area contributed by atoms with Crippen molar-refractivity contribution in [3.63, 3.8) is 0 Å². The van der Waals surface area contributed by atoms with E-state index in [-0.39, 0.29) is 16.6 Å². The Morgan fingerprint density at radius 2 is 2.00 bits per heavy atom. The molecule has 0 radical (unpaired) electrons. The summed E-state index contributed by atoms with van der Waals surface area (Å²) in [5.41, 5.74) is 1.47. The van der Waals surface area contributed by atoms with Crippen LogP contribution >= 0.6 is 11.6 Å². The van der Waals surface area contributed by atoms with Gasteiger partial charge in [0.05, 0.1) is 4.92 Å². The molecule has 0 atom stereocenters. The number of rotatable bonds is 3. The van der Waals surface area contributed by atoms with Crippen LogP contribution in [0.5, 0.6) is 11.5 Å². The highest BCUT2D eigenvalue weighted by Crippen LogP contribution is 2.33. The van der Waals surface area contributed by atoms with Crippen LogP contribution in [-0.2, 0) is 0 Å². The molecule has 1 heterocycles. The molecule has 0 amide bonds. The monoisotopic (exact) mass is 278 g/mol. The van der Waals surface area contributed by atoms with Crippen molar-refractivity contribution in [2.75, 3.05) is 0 Å². The summed E-state index contributed by atoms with van der Waals surface area (Å²) in [6, 6.07) is 6.32. The summed E-state index contributed by atoms with van der Waals surface area (Å²) >= 11 is 5.79. The number of nitro groups is 1. The van der Waals surface area contributed by atoms with Crippen LogP contribution in [0.15, 0.2) is 30.5 Å². The molecule has 2 aromatic rings. The van der Waals surface area contributed by atoms with E-state index in [1.165, 1.54) is 12.1 Å². The maximum atomic E-state index is 11.0. The van der Waals surface area contributed by atoms with Crippen LogP contribution in [0.4, 0.5) is 5.69 Å². The van der Waals surface area contributed by atoms with Crippen molar-refractivity contribution < 1.29 is 9.66 Å². The maximum absolute atomic E-state index is 11.0. The van der Waals surface area contributed by atoms with Crippen LogP contribution in [-0.4, -0.2) is 9.91 Å². The van der Waals surface area contributed by atoms with Crippen LogP contribution in [0.25, 0.3) is 0 Å².